The highest BCUT2D eigenvalue weighted by Crippen LogP contribution is 2.07. The highest BCUT2D eigenvalue weighted by Gasteiger charge is 2.18. The molecule has 6 nitrogen and oxygen atoms in total. The van der Waals surface area contributed by atoms with E-state index in [0.29, 0.717) is 17.4 Å². The number of rotatable bonds is 5. The number of carbonyl (C=O) groups is 1. The highest BCUT2D eigenvalue weighted by atomic mass is 16.2. The zero-order valence-electron chi connectivity index (χ0n) is 13.3. The Kier molecular flexibility index (Phi) is 4.65. The third-order valence-corrected chi connectivity index (χ3v) is 3.89. The minimum absolute atomic E-state index is 0.252. The van der Waals surface area contributed by atoms with E-state index < -0.39 is 6.04 Å². The molecule has 1 atom stereocenters. The van der Waals surface area contributed by atoms with Gasteiger partial charge in [0.1, 0.15) is 11.6 Å². The molecule has 3 rings (SSSR count). The molecule has 0 bridgehead atoms. The molecule has 24 heavy (non-hydrogen) atoms. The lowest BCUT2D eigenvalue weighted by atomic mass is 10.1. The molecule has 0 aliphatic carbocycles. The summed E-state index contributed by atoms with van der Waals surface area (Å²) in [6.07, 6.45) is 0.734. The van der Waals surface area contributed by atoms with E-state index in [4.69, 9.17) is 0 Å². The molecule has 0 unspecified atom stereocenters. The van der Waals surface area contributed by atoms with Crippen molar-refractivity contribution in [3.8, 4) is 0 Å². The Labute approximate surface area is 139 Å². The lowest BCUT2D eigenvalue weighted by molar-refractivity contribution is -0.124. The molecule has 6 heteroatoms. The van der Waals surface area contributed by atoms with Crippen LogP contribution in [0.3, 0.4) is 0 Å². The lowest BCUT2D eigenvalue weighted by Crippen LogP contribution is -2.38. The van der Waals surface area contributed by atoms with Crippen molar-refractivity contribution < 1.29 is 4.79 Å². The van der Waals surface area contributed by atoms with Crippen LogP contribution in [0.5, 0.6) is 0 Å². The number of nitrogens with zero attached hydrogens (tertiary/aromatic N) is 3. The molecule has 1 amide bonds. The first-order valence-corrected chi connectivity index (χ1v) is 7.82. The van der Waals surface area contributed by atoms with Crippen molar-refractivity contribution in [1.29, 1.82) is 0 Å². The highest BCUT2D eigenvalue weighted by molar-refractivity contribution is 5.81. The van der Waals surface area contributed by atoms with Crippen molar-refractivity contribution in [2.45, 2.75) is 19.4 Å². The third-order valence-electron chi connectivity index (χ3n) is 3.89. The van der Waals surface area contributed by atoms with Gasteiger partial charge in [0.05, 0.1) is 5.39 Å². The van der Waals surface area contributed by atoms with Gasteiger partial charge in [0, 0.05) is 6.54 Å². The van der Waals surface area contributed by atoms with E-state index in [1.807, 2.05) is 30.3 Å². The van der Waals surface area contributed by atoms with Gasteiger partial charge in [-0.05, 0) is 31.0 Å². The number of nitrogens with one attached hydrogen (secondary N) is 1. The Morgan fingerprint density at radius 2 is 1.83 bits per heavy atom. The second kappa shape index (κ2) is 7.04. The van der Waals surface area contributed by atoms with E-state index in [2.05, 4.69) is 15.6 Å². The molecule has 0 spiro atoms. The Morgan fingerprint density at radius 1 is 1.12 bits per heavy atom. The van der Waals surface area contributed by atoms with Crippen LogP contribution in [-0.4, -0.2) is 27.4 Å². The van der Waals surface area contributed by atoms with Crippen LogP contribution in [0, 0.1) is 0 Å². The van der Waals surface area contributed by atoms with E-state index in [-0.39, 0.29) is 11.5 Å². The maximum Gasteiger partial charge on any atom is 0.278 e. The number of aromatic nitrogens is 3. The Bertz CT molecular complexity index is 906. The molecule has 3 aromatic rings. The van der Waals surface area contributed by atoms with Gasteiger partial charge in [-0.1, -0.05) is 47.7 Å². The average molecular weight is 322 g/mol. The number of amides is 1. The molecule has 1 aromatic heterocycles. The van der Waals surface area contributed by atoms with Gasteiger partial charge in [0.2, 0.25) is 5.91 Å². The fourth-order valence-electron chi connectivity index (χ4n) is 2.49. The zero-order valence-corrected chi connectivity index (χ0v) is 13.3. The SMILES string of the molecule is C[C@@H](C(=O)NCCc1ccccc1)n1nnc2ccccc2c1=O. The Balaban J connectivity index is 1.69. The molecular weight excluding hydrogens is 304 g/mol. The van der Waals surface area contributed by atoms with Crippen molar-refractivity contribution in [2.24, 2.45) is 0 Å². The molecule has 0 saturated heterocycles. The van der Waals surface area contributed by atoms with Crippen molar-refractivity contribution in [1.82, 2.24) is 20.3 Å². The third kappa shape index (κ3) is 3.32. The van der Waals surface area contributed by atoms with Gasteiger partial charge >= 0.3 is 0 Å². The van der Waals surface area contributed by atoms with Gasteiger partial charge in [-0.25, -0.2) is 0 Å². The summed E-state index contributed by atoms with van der Waals surface area (Å²) >= 11 is 0. The standard InChI is InChI=1S/C18H18N4O2/c1-13(17(23)19-12-11-14-7-3-2-4-8-14)22-18(24)15-9-5-6-10-16(15)20-21-22/h2-10,13H,11-12H2,1H3,(H,19,23)/t13-/m0/s1. The van der Waals surface area contributed by atoms with E-state index in [1.54, 1.807) is 31.2 Å². The first-order chi connectivity index (χ1) is 11.7. The van der Waals surface area contributed by atoms with Gasteiger partial charge in [0.25, 0.3) is 5.56 Å². The summed E-state index contributed by atoms with van der Waals surface area (Å²) in [5.74, 6) is -0.252. The predicted molar refractivity (Wildman–Crippen MR) is 91.7 cm³/mol. The molecule has 0 aliphatic rings. The maximum absolute atomic E-state index is 12.5. The first kappa shape index (κ1) is 15.9. The van der Waals surface area contributed by atoms with Crippen LogP contribution in [0.2, 0.25) is 0 Å². The largest absolute Gasteiger partial charge is 0.354 e. The molecule has 122 valence electrons. The number of hydrogen-bond acceptors (Lipinski definition) is 4. The second-order valence-corrected chi connectivity index (χ2v) is 5.56. The topological polar surface area (TPSA) is 76.9 Å². The van der Waals surface area contributed by atoms with Crippen LogP contribution in [0.1, 0.15) is 18.5 Å². The van der Waals surface area contributed by atoms with Crippen LogP contribution >= 0.6 is 0 Å². The maximum atomic E-state index is 12.5. The van der Waals surface area contributed by atoms with Crippen LogP contribution in [0.4, 0.5) is 0 Å². The predicted octanol–water partition coefficient (Wildman–Crippen LogP) is 1.71. The fourth-order valence-corrected chi connectivity index (χ4v) is 2.49. The van der Waals surface area contributed by atoms with Gasteiger partial charge in [0.15, 0.2) is 0 Å². The lowest BCUT2D eigenvalue weighted by Gasteiger charge is -2.13. The molecule has 0 fully saturated rings. The fraction of sp³-hybridized carbons (Fsp3) is 0.222. The summed E-state index contributed by atoms with van der Waals surface area (Å²) in [4.78, 5) is 24.7. The van der Waals surface area contributed by atoms with E-state index in [0.717, 1.165) is 16.7 Å². The number of carbonyl (C=O) groups excluding carboxylic acids is 1. The van der Waals surface area contributed by atoms with Crippen LogP contribution in [0.15, 0.2) is 59.4 Å². The van der Waals surface area contributed by atoms with Gasteiger partial charge in [-0.3, -0.25) is 9.59 Å². The number of hydrogen-bond donors (Lipinski definition) is 1. The molecule has 1 heterocycles. The summed E-state index contributed by atoms with van der Waals surface area (Å²) < 4.78 is 1.13. The van der Waals surface area contributed by atoms with Crippen LogP contribution in [-0.2, 0) is 11.2 Å². The normalized spacial score (nSPS) is 12.0. The molecule has 0 aliphatic heterocycles. The second-order valence-electron chi connectivity index (χ2n) is 5.56. The zero-order chi connectivity index (χ0) is 16.9. The van der Waals surface area contributed by atoms with Crippen molar-refractivity contribution in [2.75, 3.05) is 6.54 Å². The summed E-state index contributed by atoms with van der Waals surface area (Å²) in [6, 6.07) is 16.1. The minimum atomic E-state index is -0.717. The van der Waals surface area contributed by atoms with Gasteiger partial charge < -0.3 is 5.32 Å². The first-order valence-electron chi connectivity index (χ1n) is 7.82. The van der Waals surface area contributed by atoms with E-state index >= 15 is 0 Å². The van der Waals surface area contributed by atoms with Crippen LogP contribution < -0.4 is 10.9 Å². The van der Waals surface area contributed by atoms with Crippen molar-refractivity contribution in [3.05, 3.63) is 70.5 Å². The number of fused-ring (bicyclic) bond motifs is 1. The summed E-state index contributed by atoms with van der Waals surface area (Å²) in [5.41, 5.74) is 1.36. The minimum Gasteiger partial charge on any atom is -0.354 e. The monoisotopic (exact) mass is 322 g/mol. The smallest absolute Gasteiger partial charge is 0.278 e. The summed E-state index contributed by atoms with van der Waals surface area (Å²) in [6.45, 7) is 2.14. The molecule has 0 saturated carbocycles. The number of benzene rings is 2. The molecule has 1 N–H and O–H groups in total. The van der Waals surface area contributed by atoms with Crippen LogP contribution in [0.25, 0.3) is 10.9 Å². The van der Waals surface area contributed by atoms with E-state index in [9.17, 15) is 9.59 Å². The quantitative estimate of drug-likeness (QED) is 0.776. The Morgan fingerprint density at radius 3 is 2.62 bits per heavy atom. The Hall–Kier alpha value is -3.02. The molecule has 0 radical (unpaired) electrons. The van der Waals surface area contributed by atoms with E-state index in [1.165, 1.54) is 0 Å². The van der Waals surface area contributed by atoms with Crippen molar-refractivity contribution in [3.63, 3.8) is 0 Å². The van der Waals surface area contributed by atoms with Gasteiger partial charge in [-0.15, -0.1) is 5.10 Å². The molecule has 2 aromatic carbocycles. The van der Waals surface area contributed by atoms with Crippen molar-refractivity contribution >= 4 is 16.8 Å². The summed E-state index contributed by atoms with van der Waals surface area (Å²) in [5, 5.41) is 11.2. The van der Waals surface area contributed by atoms with Gasteiger partial charge in [-0.2, -0.15) is 4.68 Å². The molecular formula is C18H18N4O2. The average Bonchev–Trinajstić information content (AvgIpc) is 2.62. The summed E-state index contributed by atoms with van der Waals surface area (Å²) in [7, 11) is 0.